The summed E-state index contributed by atoms with van der Waals surface area (Å²) in [5.74, 6) is 0.542. The number of nitrogens with zero attached hydrogens (tertiary/aromatic N) is 2. The van der Waals surface area contributed by atoms with Gasteiger partial charge in [0.15, 0.2) is 11.8 Å². The topological polar surface area (TPSA) is 29.9 Å². The number of furan rings is 1. The van der Waals surface area contributed by atoms with E-state index in [0.29, 0.717) is 5.71 Å². The molecular formula is C41H33N2O+. The van der Waals surface area contributed by atoms with E-state index in [1.54, 1.807) is 0 Å². The van der Waals surface area contributed by atoms with Gasteiger partial charge in [0.1, 0.15) is 7.05 Å². The SMILES string of the molecule is Cc1ccc2c(n1)oc1c(-c3cc(-c4cc(C)c5c(c4)C4c6ccccc6C5c5ccccc54)cc[n+]3C)c(C)cc(C)c12. The molecule has 0 amide bonds. The maximum absolute atomic E-state index is 6.55. The van der Waals surface area contributed by atoms with E-state index in [2.05, 4.69) is 130 Å². The summed E-state index contributed by atoms with van der Waals surface area (Å²) in [6.45, 7) is 8.67. The molecule has 0 spiro atoms. The fourth-order valence-electron chi connectivity index (χ4n) is 8.28. The van der Waals surface area contributed by atoms with Gasteiger partial charge in [0.2, 0.25) is 11.4 Å². The van der Waals surface area contributed by atoms with Crippen molar-refractivity contribution in [2.45, 2.75) is 39.5 Å². The van der Waals surface area contributed by atoms with Crippen molar-refractivity contribution >= 4 is 22.1 Å². The normalized spacial score (nSPS) is 16.3. The van der Waals surface area contributed by atoms with E-state index in [-0.39, 0.29) is 11.8 Å². The van der Waals surface area contributed by atoms with Gasteiger partial charge in [-0.2, -0.15) is 0 Å². The molecule has 212 valence electrons. The van der Waals surface area contributed by atoms with Crippen molar-refractivity contribution in [1.82, 2.24) is 4.98 Å². The zero-order valence-corrected chi connectivity index (χ0v) is 25.7. The first-order valence-electron chi connectivity index (χ1n) is 15.5. The molecule has 3 aliphatic rings. The third-order valence-corrected chi connectivity index (χ3v) is 10.1. The van der Waals surface area contributed by atoms with Gasteiger partial charge in [-0.3, -0.25) is 0 Å². The van der Waals surface area contributed by atoms with Crippen LogP contribution >= 0.6 is 0 Å². The molecule has 3 heteroatoms. The summed E-state index contributed by atoms with van der Waals surface area (Å²) >= 11 is 0. The van der Waals surface area contributed by atoms with Crippen LogP contribution in [0.3, 0.4) is 0 Å². The lowest BCUT2D eigenvalue weighted by Gasteiger charge is -2.43. The fourth-order valence-corrected chi connectivity index (χ4v) is 8.28. The molecule has 3 nitrogen and oxygen atoms in total. The van der Waals surface area contributed by atoms with Gasteiger partial charge < -0.3 is 4.42 Å². The summed E-state index contributed by atoms with van der Waals surface area (Å²) < 4.78 is 8.76. The van der Waals surface area contributed by atoms with Gasteiger partial charge in [0, 0.05) is 40.4 Å². The minimum absolute atomic E-state index is 0.255. The lowest BCUT2D eigenvalue weighted by atomic mass is 9.60. The van der Waals surface area contributed by atoms with Crippen LogP contribution in [0, 0.1) is 27.7 Å². The molecule has 3 aromatic heterocycles. The lowest BCUT2D eigenvalue weighted by Crippen LogP contribution is -2.30. The predicted octanol–water partition coefficient (Wildman–Crippen LogP) is 9.36. The third kappa shape index (κ3) is 3.38. The first-order valence-corrected chi connectivity index (χ1v) is 15.5. The minimum Gasteiger partial charge on any atom is -0.437 e. The summed E-state index contributed by atoms with van der Waals surface area (Å²) in [4.78, 5) is 4.73. The second kappa shape index (κ2) is 9.00. The van der Waals surface area contributed by atoms with E-state index in [1.807, 2.05) is 6.92 Å². The maximum atomic E-state index is 6.55. The number of benzene rings is 4. The van der Waals surface area contributed by atoms with E-state index in [1.165, 1.54) is 61.2 Å². The number of hydrogen-bond acceptors (Lipinski definition) is 2. The number of aromatic nitrogens is 2. The van der Waals surface area contributed by atoms with Crippen LogP contribution in [-0.4, -0.2) is 4.98 Å². The predicted molar refractivity (Wildman–Crippen MR) is 177 cm³/mol. The Morgan fingerprint density at radius 3 is 2.02 bits per heavy atom. The largest absolute Gasteiger partial charge is 0.437 e. The molecule has 4 aromatic carbocycles. The molecule has 0 saturated carbocycles. The van der Waals surface area contributed by atoms with Crippen molar-refractivity contribution in [2.24, 2.45) is 7.05 Å². The molecule has 44 heavy (non-hydrogen) atoms. The molecule has 0 aliphatic heterocycles. The molecular weight excluding hydrogens is 536 g/mol. The second-order valence-electron chi connectivity index (χ2n) is 12.8. The Morgan fingerprint density at radius 1 is 0.636 bits per heavy atom. The highest BCUT2D eigenvalue weighted by atomic mass is 16.3. The average Bonchev–Trinajstić information content (AvgIpc) is 3.40. The molecule has 0 unspecified atom stereocenters. The standard InChI is InChI=1S/C41H33N2O/c1-22-18-23(2)37(40-36(22)32-15-14-25(4)42-41(32)44-40)34-21-26(16-17-43(34)5)27-19-24(3)35-33(20-27)38-28-10-6-8-12-30(28)39(35)31-13-9-7-11-29(31)38/h6-21,38-39H,1-5H3/q+1. The van der Waals surface area contributed by atoms with E-state index in [4.69, 9.17) is 9.40 Å². The van der Waals surface area contributed by atoms with E-state index in [0.717, 1.165) is 33.3 Å². The van der Waals surface area contributed by atoms with Gasteiger partial charge in [0.25, 0.3) is 0 Å². The van der Waals surface area contributed by atoms with Crippen molar-refractivity contribution in [1.29, 1.82) is 0 Å². The van der Waals surface area contributed by atoms with Gasteiger partial charge in [-0.05, 0) is 107 Å². The van der Waals surface area contributed by atoms with Crippen molar-refractivity contribution in [3.8, 4) is 22.4 Å². The summed E-state index contributed by atoms with van der Waals surface area (Å²) in [5.41, 5.74) is 19.8. The first-order chi connectivity index (χ1) is 21.4. The Balaban J connectivity index is 1.25. The smallest absolute Gasteiger partial charge is 0.227 e. The van der Waals surface area contributed by atoms with Gasteiger partial charge >= 0.3 is 0 Å². The van der Waals surface area contributed by atoms with E-state index < -0.39 is 0 Å². The molecule has 0 saturated heterocycles. The Kier molecular flexibility index (Phi) is 5.21. The van der Waals surface area contributed by atoms with Crippen molar-refractivity contribution in [2.75, 3.05) is 0 Å². The van der Waals surface area contributed by atoms with Crippen LogP contribution in [-0.2, 0) is 7.05 Å². The van der Waals surface area contributed by atoms with Crippen LogP contribution in [0.1, 0.15) is 67.6 Å². The summed E-state index contributed by atoms with van der Waals surface area (Å²) in [6.07, 6.45) is 2.19. The van der Waals surface area contributed by atoms with E-state index >= 15 is 0 Å². The third-order valence-electron chi connectivity index (χ3n) is 10.1. The Hall–Kier alpha value is -5.02. The molecule has 0 fully saturated rings. The zero-order valence-electron chi connectivity index (χ0n) is 25.7. The summed E-state index contributed by atoms with van der Waals surface area (Å²) in [7, 11) is 2.13. The van der Waals surface area contributed by atoms with Crippen molar-refractivity contribution in [3.05, 3.63) is 153 Å². The van der Waals surface area contributed by atoms with Crippen LogP contribution in [0.5, 0.6) is 0 Å². The molecule has 0 atom stereocenters. The zero-order chi connectivity index (χ0) is 29.9. The fraction of sp³-hybridized carbons (Fsp3) is 0.171. The molecule has 3 aliphatic carbocycles. The van der Waals surface area contributed by atoms with Gasteiger partial charge in [-0.25, -0.2) is 9.55 Å². The number of pyridine rings is 2. The number of hydrogen-bond donors (Lipinski definition) is 0. The number of fused-ring (bicyclic) bond motifs is 3. The van der Waals surface area contributed by atoms with Crippen molar-refractivity contribution < 1.29 is 8.98 Å². The van der Waals surface area contributed by atoms with Crippen LogP contribution in [0.25, 0.3) is 44.5 Å². The highest BCUT2D eigenvalue weighted by molar-refractivity contribution is 6.10. The van der Waals surface area contributed by atoms with Crippen LogP contribution in [0.4, 0.5) is 0 Å². The van der Waals surface area contributed by atoms with Crippen molar-refractivity contribution in [3.63, 3.8) is 0 Å². The number of rotatable bonds is 2. The molecule has 10 rings (SSSR count). The van der Waals surface area contributed by atoms with E-state index in [9.17, 15) is 0 Å². The van der Waals surface area contributed by atoms with Crippen LogP contribution in [0.2, 0.25) is 0 Å². The molecule has 2 bridgehead atoms. The van der Waals surface area contributed by atoms with Gasteiger partial charge in [-0.15, -0.1) is 0 Å². The average molecular weight is 570 g/mol. The molecule has 0 N–H and O–H groups in total. The van der Waals surface area contributed by atoms with Gasteiger partial charge in [-0.1, -0.05) is 60.7 Å². The Labute approximate surface area is 257 Å². The number of aryl methyl sites for hydroxylation is 5. The maximum Gasteiger partial charge on any atom is 0.227 e. The highest BCUT2D eigenvalue weighted by Crippen LogP contribution is 2.57. The lowest BCUT2D eigenvalue weighted by molar-refractivity contribution is -0.660. The Morgan fingerprint density at radius 2 is 1.32 bits per heavy atom. The quantitative estimate of drug-likeness (QED) is 0.194. The summed E-state index contributed by atoms with van der Waals surface area (Å²) in [6, 6.07) is 34.1. The summed E-state index contributed by atoms with van der Waals surface area (Å²) in [5, 5.41) is 2.22. The highest BCUT2D eigenvalue weighted by Gasteiger charge is 2.42. The van der Waals surface area contributed by atoms with Gasteiger partial charge in [0.05, 0.1) is 5.56 Å². The molecule has 0 radical (unpaired) electrons. The molecule has 7 aromatic rings. The Bertz CT molecular complexity index is 2310. The second-order valence-corrected chi connectivity index (χ2v) is 12.8. The molecule has 3 heterocycles. The minimum atomic E-state index is 0.255. The monoisotopic (exact) mass is 569 g/mol. The van der Waals surface area contributed by atoms with Crippen LogP contribution in [0.15, 0.2) is 102 Å². The first kappa shape index (κ1) is 25.5. The van der Waals surface area contributed by atoms with Crippen LogP contribution < -0.4 is 4.57 Å².